The van der Waals surface area contributed by atoms with Gasteiger partial charge in [0.1, 0.15) is 5.82 Å². The molecule has 18 heavy (non-hydrogen) atoms. The zero-order valence-electron chi connectivity index (χ0n) is 10.1. The minimum absolute atomic E-state index is 0. The predicted octanol–water partition coefficient (Wildman–Crippen LogP) is 2.33. The zero-order chi connectivity index (χ0) is 11.8. The minimum Gasteiger partial charge on any atom is -0.392 e. The lowest BCUT2D eigenvalue weighted by atomic mass is 9.81. The lowest BCUT2D eigenvalue weighted by Crippen LogP contribution is -2.46. The van der Waals surface area contributed by atoms with Gasteiger partial charge in [0, 0.05) is 25.6 Å². The van der Waals surface area contributed by atoms with Crippen molar-refractivity contribution in [3.63, 3.8) is 0 Å². The van der Waals surface area contributed by atoms with Gasteiger partial charge in [0.15, 0.2) is 0 Å². The first-order valence-electron chi connectivity index (χ1n) is 6.10. The number of aliphatic hydroxyl groups is 1. The molecule has 1 aromatic carbocycles. The van der Waals surface area contributed by atoms with Crippen LogP contribution in [0, 0.1) is 11.7 Å². The van der Waals surface area contributed by atoms with Crippen LogP contribution in [0.4, 0.5) is 4.39 Å². The van der Waals surface area contributed by atoms with Gasteiger partial charge >= 0.3 is 0 Å². The standard InChI is InChI=1S/C14H16FNO.ClH/c15-11-3-1-10(2-4-11)12-5-7-16-8-6-14(17)13(12)9-16;/h1-5,13-14,17H,6-9H2;1H. The van der Waals surface area contributed by atoms with Crippen LogP contribution in [0.1, 0.15) is 12.0 Å². The van der Waals surface area contributed by atoms with E-state index in [0.29, 0.717) is 0 Å². The molecular weight excluding hydrogens is 253 g/mol. The predicted molar refractivity (Wildman–Crippen MR) is 72.2 cm³/mol. The Morgan fingerprint density at radius 3 is 2.67 bits per heavy atom. The van der Waals surface area contributed by atoms with Crippen LogP contribution in [-0.4, -0.2) is 35.7 Å². The summed E-state index contributed by atoms with van der Waals surface area (Å²) in [5.41, 5.74) is 2.21. The van der Waals surface area contributed by atoms with E-state index in [1.807, 2.05) is 0 Å². The summed E-state index contributed by atoms with van der Waals surface area (Å²) in [6.45, 7) is 2.84. The number of benzene rings is 1. The molecule has 0 spiro atoms. The van der Waals surface area contributed by atoms with Crippen molar-refractivity contribution < 1.29 is 9.50 Å². The lowest BCUT2D eigenvalue weighted by molar-refractivity contribution is 0.0509. The van der Waals surface area contributed by atoms with Crippen LogP contribution < -0.4 is 0 Å². The quantitative estimate of drug-likeness (QED) is 0.846. The average Bonchev–Trinajstić information content (AvgIpc) is 2.36. The molecule has 0 aromatic heterocycles. The molecule has 0 radical (unpaired) electrons. The molecule has 3 atom stereocenters. The molecule has 1 aromatic rings. The number of fused-ring (bicyclic) bond motifs is 2. The fraction of sp³-hybridized carbons (Fsp3) is 0.429. The van der Waals surface area contributed by atoms with E-state index in [-0.39, 0.29) is 30.2 Å². The van der Waals surface area contributed by atoms with Gasteiger partial charge in [0.25, 0.3) is 0 Å². The molecule has 98 valence electrons. The van der Waals surface area contributed by atoms with Crippen LogP contribution in [0.25, 0.3) is 5.57 Å². The monoisotopic (exact) mass is 269 g/mol. The number of nitrogens with zero attached hydrogens (tertiary/aromatic N) is 1. The SMILES string of the molecule is Cl.OC1CCN2CC=C(c3ccc(F)cc3)C1C2. The highest BCUT2D eigenvalue weighted by Crippen LogP contribution is 2.34. The van der Waals surface area contributed by atoms with E-state index < -0.39 is 0 Å². The van der Waals surface area contributed by atoms with Gasteiger partial charge in [-0.1, -0.05) is 18.2 Å². The molecule has 0 saturated carbocycles. The van der Waals surface area contributed by atoms with E-state index in [2.05, 4.69) is 11.0 Å². The van der Waals surface area contributed by atoms with Gasteiger partial charge < -0.3 is 5.11 Å². The second kappa shape index (κ2) is 5.39. The summed E-state index contributed by atoms with van der Waals surface area (Å²) in [5.74, 6) is -0.0288. The van der Waals surface area contributed by atoms with E-state index in [4.69, 9.17) is 0 Å². The van der Waals surface area contributed by atoms with Crippen LogP contribution in [0.15, 0.2) is 30.3 Å². The fourth-order valence-electron chi connectivity index (χ4n) is 2.83. The maximum absolute atomic E-state index is 12.9. The molecule has 2 bridgehead atoms. The van der Waals surface area contributed by atoms with Gasteiger partial charge in [0.05, 0.1) is 6.10 Å². The Labute approximate surface area is 113 Å². The summed E-state index contributed by atoms with van der Waals surface area (Å²) in [6, 6.07) is 6.58. The van der Waals surface area contributed by atoms with Crippen molar-refractivity contribution in [3.05, 3.63) is 41.7 Å². The van der Waals surface area contributed by atoms with Gasteiger partial charge in [-0.3, -0.25) is 4.90 Å². The lowest BCUT2D eigenvalue weighted by Gasteiger charge is -2.40. The van der Waals surface area contributed by atoms with Crippen LogP contribution in [-0.2, 0) is 0 Å². The second-order valence-electron chi connectivity index (χ2n) is 4.89. The summed E-state index contributed by atoms with van der Waals surface area (Å²) < 4.78 is 12.9. The Bertz CT molecular complexity index is 446. The molecule has 3 rings (SSSR count). The highest BCUT2D eigenvalue weighted by Gasteiger charge is 2.33. The van der Waals surface area contributed by atoms with Crippen molar-refractivity contribution in [3.8, 4) is 0 Å². The minimum atomic E-state index is -0.261. The zero-order valence-corrected chi connectivity index (χ0v) is 10.9. The highest BCUT2D eigenvalue weighted by molar-refractivity contribution is 5.85. The van der Waals surface area contributed by atoms with Crippen LogP contribution in [0.2, 0.25) is 0 Å². The molecule has 2 aliphatic heterocycles. The van der Waals surface area contributed by atoms with Gasteiger partial charge in [0.2, 0.25) is 0 Å². The largest absolute Gasteiger partial charge is 0.392 e. The Morgan fingerprint density at radius 2 is 1.94 bits per heavy atom. The first-order valence-corrected chi connectivity index (χ1v) is 6.10. The second-order valence-corrected chi connectivity index (χ2v) is 4.89. The van der Waals surface area contributed by atoms with E-state index >= 15 is 0 Å². The first-order chi connectivity index (χ1) is 8.24. The normalized spacial score (nSPS) is 30.3. The third-order valence-electron chi connectivity index (χ3n) is 3.81. The maximum atomic E-state index is 12.9. The molecule has 0 aliphatic carbocycles. The first kappa shape index (κ1) is 13.5. The number of piperidine rings is 1. The average molecular weight is 270 g/mol. The molecule has 2 nitrogen and oxygen atoms in total. The van der Waals surface area contributed by atoms with E-state index in [9.17, 15) is 9.50 Å². The maximum Gasteiger partial charge on any atom is 0.123 e. The highest BCUT2D eigenvalue weighted by atomic mass is 35.5. The molecule has 1 fully saturated rings. The third kappa shape index (κ3) is 2.44. The Morgan fingerprint density at radius 1 is 1.22 bits per heavy atom. The van der Waals surface area contributed by atoms with E-state index in [0.717, 1.165) is 31.6 Å². The van der Waals surface area contributed by atoms with Crippen molar-refractivity contribution >= 4 is 18.0 Å². The third-order valence-corrected chi connectivity index (χ3v) is 3.81. The summed E-state index contributed by atoms with van der Waals surface area (Å²) in [7, 11) is 0. The topological polar surface area (TPSA) is 23.5 Å². The van der Waals surface area contributed by atoms with Crippen molar-refractivity contribution in [2.45, 2.75) is 12.5 Å². The van der Waals surface area contributed by atoms with Gasteiger partial charge in [-0.25, -0.2) is 4.39 Å². The Balaban J connectivity index is 0.00000120. The Kier molecular flexibility index (Phi) is 4.05. The molecular formula is C14H17ClFNO. The summed E-state index contributed by atoms with van der Waals surface area (Å²) in [4.78, 5) is 2.35. The van der Waals surface area contributed by atoms with Crippen molar-refractivity contribution in [2.24, 2.45) is 5.92 Å². The molecule has 1 N–H and O–H groups in total. The van der Waals surface area contributed by atoms with E-state index in [1.165, 1.54) is 17.7 Å². The molecule has 2 aliphatic rings. The summed E-state index contributed by atoms with van der Waals surface area (Å²) in [6.07, 6.45) is 2.75. The van der Waals surface area contributed by atoms with Crippen LogP contribution >= 0.6 is 12.4 Å². The van der Waals surface area contributed by atoms with Gasteiger partial charge in [-0.2, -0.15) is 0 Å². The van der Waals surface area contributed by atoms with Gasteiger partial charge in [-0.15, -0.1) is 12.4 Å². The number of aliphatic hydroxyl groups excluding tert-OH is 1. The molecule has 0 amide bonds. The molecule has 4 heteroatoms. The van der Waals surface area contributed by atoms with Crippen LogP contribution in [0.5, 0.6) is 0 Å². The van der Waals surface area contributed by atoms with Crippen molar-refractivity contribution in [2.75, 3.05) is 19.6 Å². The Hall–Kier alpha value is -0.900. The molecule has 2 heterocycles. The number of hydrogen-bond donors (Lipinski definition) is 1. The smallest absolute Gasteiger partial charge is 0.123 e. The number of halogens is 2. The molecule has 3 unspecified atom stereocenters. The van der Waals surface area contributed by atoms with Crippen LogP contribution in [0.3, 0.4) is 0 Å². The number of rotatable bonds is 1. The van der Waals surface area contributed by atoms with Crippen molar-refractivity contribution in [1.82, 2.24) is 4.90 Å². The van der Waals surface area contributed by atoms with Crippen molar-refractivity contribution in [1.29, 1.82) is 0 Å². The number of hydrogen-bond acceptors (Lipinski definition) is 2. The molecule has 1 saturated heterocycles. The van der Waals surface area contributed by atoms with E-state index in [1.54, 1.807) is 12.1 Å². The summed E-state index contributed by atoms with van der Waals surface area (Å²) in [5, 5.41) is 10.1. The van der Waals surface area contributed by atoms with Gasteiger partial charge in [-0.05, 0) is 29.7 Å². The summed E-state index contributed by atoms with van der Waals surface area (Å²) >= 11 is 0. The fourth-order valence-corrected chi connectivity index (χ4v) is 2.83.